The summed E-state index contributed by atoms with van der Waals surface area (Å²) < 4.78 is 3.58. The van der Waals surface area contributed by atoms with E-state index in [-0.39, 0.29) is 6.04 Å². The van der Waals surface area contributed by atoms with E-state index < -0.39 is 0 Å². The molecule has 4 heterocycles. The molecule has 0 aliphatic heterocycles. The molecular weight excluding hydrogens is 352 g/mol. The summed E-state index contributed by atoms with van der Waals surface area (Å²) in [6, 6.07) is 6.05. The lowest BCUT2D eigenvalue weighted by Gasteiger charge is -2.15. The fourth-order valence-corrected chi connectivity index (χ4v) is 3.04. The Morgan fingerprint density at radius 2 is 1.96 bits per heavy atom. The standard InChI is InChI=1S/C20H20N8/c1-4-27-12-15(9-24-27)16-10-22-18(6-17(16)26-13(2)3)19-11-23-20-5-14(7-21)8-25-28(19)20/h5-6,8-13H,4H2,1-3H3,(H,22,26). The van der Waals surface area contributed by atoms with Crippen molar-refractivity contribution in [3.63, 3.8) is 0 Å². The van der Waals surface area contributed by atoms with Crippen molar-refractivity contribution in [3.05, 3.63) is 48.7 Å². The van der Waals surface area contributed by atoms with Gasteiger partial charge in [0.1, 0.15) is 11.8 Å². The van der Waals surface area contributed by atoms with Crippen molar-refractivity contribution < 1.29 is 0 Å². The average Bonchev–Trinajstić information content (AvgIpc) is 3.33. The molecule has 0 atom stereocenters. The first-order chi connectivity index (χ1) is 13.6. The second-order valence-electron chi connectivity index (χ2n) is 6.77. The summed E-state index contributed by atoms with van der Waals surface area (Å²) in [5.41, 5.74) is 5.58. The van der Waals surface area contributed by atoms with Crippen LogP contribution < -0.4 is 5.32 Å². The zero-order chi connectivity index (χ0) is 19.7. The highest BCUT2D eigenvalue weighted by Gasteiger charge is 2.15. The summed E-state index contributed by atoms with van der Waals surface area (Å²) in [5, 5.41) is 21.2. The van der Waals surface area contributed by atoms with Gasteiger partial charge < -0.3 is 5.32 Å². The number of aromatic nitrogens is 6. The first kappa shape index (κ1) is 17.7. The zero-order valence-corrected chi connectivity index (χ0v) is 16.0. The number of anilines is 1. The van der Waals surface area contributed by atoms with Crippen molar-refractivity contribution in [3.8, 4) is 28.6 Å². The number of hydrogen-bond acceptors (Lipinski definition) is 6. The molecule has 8 nitrogen and oxygen atoms in total. The van der Waals surface area contributed by atoms with E-state index in [1.165, 1.54) is 6.20 Å². The predicted molar refractivity (Wildman–Crippen MR) is 107 cm³/mol. The highest BCUT2D eigenvalue weighted by atomic mass is 15.3. The highest BCUT2D eigenvalue weighted by Crippen LogP contribution is 2.31. The van der Waals surface area contributed by atoms with Crippen LogP contribution in [-0.4, -0.2) is 35.4 Å². The van der Waals surface area contributed by atoms with E-state index in [0.29, 0.717) is 11.2 Å². The molecule has 0 bridgehead atoms. The molecule has 0 fully saturated rings. The molecule has 28 heavy (non-hydrogen) atoms. The molecule has 0 aliphatic carbocycles. The van der Waals surface area contributed by atoms with Crippen molar-refractivity contribution in [2.45, 2.75) is 33.4 Å². The van der Waals surface area contributed by atoms with Crippen LogP contribution in [0.4, 0.5) is 5.69 Å². The summed E-state index contributed by atoms with van der Waals surface area (Å²) in [7, 11) is 0. The highest BCUT2D eigenvalue weighted by molar-refractivity contribution is 5.80. The molecule has 0 saturated heterocycles. The number of hydrogen-bond donors (Lipinski definition) is 1. The van der Waals surface area contributed by atoms with Gasteiger partial charge in [-0.1, -0.05) is 0 Å². The minimum atomic E-state index is 0.258. The Bertz CT molecular complexity index is 1180. The van der Waals surface area contributed by atoms with Gasteiger partial charge >= 0.3 is 0 Å². The number of rotatable bonds is 5. The lowest BCUT2D eigenvalue weighted by molar-refractivity contribution is 0.660. The van der Waals surface area contributed by atoms with E-state index >= 15 is 0 Å². The first-order valence-electron chi connectivity index (χ1n) is 9.12. The average molecular weight is 372 g/mol. The third-order valence-corrected chi connectivity index (χ3v) is 4.37. The van der Waals surface area contributed by atoms with Gasteiger partial charge in [0.25, 0.3) is 0 Å². The number of nitrogens with one attached hydrogen (secondary N) is 1. The molecule has 0 aromatic carbocycles. The van der Waals surface area contributed by atoms with E-state index in [1.807, 2.05) is 29.3 Å². The van der Waals surface area contributed by atoms with Gasteiger partial charge in [-0.05, 0) is 26.8 Å². The van der Waals surface area contributed by atoms with Crippen molar-refractivity contribution in [2.24, 2.45) is 0 Å². The van der Waals surface area contributed by atoms with Gasteiger partial charge in [-0.15, -0.1) is 0 Å². The van der Waals surface area contributed by atoms with Crippen LogP contribution in [-0.2, 0) is 6.54 Å². The maximum atomic E-state index is 9.05. The fourth-order valence-electron chi connectivity index (χ4n) is 3.04. The Kier molecular flexibility index (Phi) is 4.49. The van der Waals surface area contributed by atoms with E-state index in [1.54, 1.807) is 16.8 Å². The van der Waals surface area contributed by atoms with Crippen molar-refractivity contribution >= 4 is 11.3 Å². The van der Waals surface area contributed by atoms with E-state index in [0.717, 1.165) is 34.7 Å². The van der Waals surface area contributed by atoms with Crippen LogP contribution >= 0.6 is 0 Å². The van der Waals surface area contributed by atoms with E-state index in [2.05, 4.69) is 52.3 Å². The Morgan fingerprint density at radius 3 is 2.68 bits per heavy atom. The fraction of sp³-hybridized carbons (Fsp3) is 0.250. The maximum absolute atomic E-state index is 9.05. The van der Waals surface area contributed by atoms with Gasteiger partial charge in [-0.25, -0.2) is 9.50 Å². The van der Waals surface area contributed by atoms with Gasteiger partial charge in [0, 0.05) is 47.9 Å². The molecule has 0 aliphatic rings. The Morgan fingerprint density at radius 1 is 1.11 bits per heavy atom. The minimum Gasteiger partial charge on any atom is -0.382 e. The molecular formula is C20H20N8. The number of aryl methyl sites for hydroxylation is 1. The predicted octanol–water partition coefficient (Wildman–Crippen LogP) is 3.37. The molecule has 0 spiro atoms. The number of pyridine rings is 1. The van der Waals surface area contributed by atoms with Gasteiger partial charge in [0.2, 0.25) is 0 Å². The molecule has 140 valence electrons. The van der Waals surface area contributed by atoms with E-state index in [4.69, 9.17) is 5.26 Å². The van der Waals surface area contributed by atoms with Gasteiger partial charge in [-0.2, -0.15) is 15.5 Å². The molecule has 1 N–H and O–H groups in total. The minimum absolute atomic E-state index is 0.258. The first-order valence-corrected chi connectivity index (χ1v) is 9.12. The van der Waals surface area contributed by atoms with Gasteiger partial charge in [0.15, 0.2) is 5.65 Å². The van der Waals surface area contributed by atoms with Crippen LogP contribution in [0.3, 0.4) is 0 Å². The number of fused-ring (bicyclic) bond motifs is 1. The van der Waals surface area contributed by atoms with Crippen LogP contribution in [0.5, 0.6) is 0 Å². The van der Waals surface area contributed by atoms with Crippen LogP contribution in [0, 0.1) is 11.3 Å². The zero-order valence-electron chi connectivity index (χ0n) is 16.0. The lowest BCUT2D eigenvalue weighted by atomic mass is 10.1. The smallest absolute Gasteiger partial charge is 0.155 e. The van der Waals surface area contributed by atoms with Crippen LogP contribution in [0.15, 0.2) is 43.1 Å². The van der Waals surface area contributed by atoms with Crippen LogP contribution in [0.1, 0.15) is 26.3 Å². The van der Waals surface area contributed by atoms with Gasteiger partial charge in [-0.3, -0.25) is 9.67 Å². The normalized spacial score (nSPS) is 11.1. The Labute approximate surface area is 162 Å². The van der Waals surface area contributed by atoms with Crippen LogP contribution in [0.2, 0.25) is 0 Å². The molecule has 0 unspecified atom stereocenters. The lowest BCUT2D eigenvalue weighted by Crippen LogP contribution is -2.11. The van der Waals surface area contributed by atoms with Crippen molar-refractivity contribution in [1.29, 1.82) is 5.26 Å². The Balaban J connectivity index is 1.82. The molecule has 0 amide bonds. The van der Waals surface area contributed by atoms with Gasteiger partial charge in [0.05, 0.1) is 29.8 Å². The number of nitrogens with zero attached hydrogens (tertiary/aromatic N) is 7. The summed E-state index contributed by atoms with van der Waals surface area (Å²) in [5.74, 6) is 0. The topological polar surface area (TPSA) is 96.7 Å². The molecule has 0 radical (unpaired) electrons. The molecule has 4 rings (SSSR count). The second-order valence-corrected chi connectivity index (χ2v) is 6.77. The largest absolute Gasteiger partial charge is 0.382 e. The quantitative estimate of drug-likeness (QED) is 0.577. The number of imidazole rings is 1. The Hall–Kier alpha value is -3.73. The SMILES string of the molecule is CCn1cc(-c2cnc(-c3cnc4cc(C#N)cnn34)cc2NC(C)C)cn1. The maximum Gasteiger partial charge on any atom is 0.155 e. The van der Waals surface area contributed by atoms with Crippen molar-refractivity contribution in [2.75, 3.05) is 5.32 Å². The summed E-state index contributed by atoms with van der Waals surface area (Å²) in [6.07, 6.45) is 8.96. The number of nitriles is 1. The molecule has 0 saturated carbocycles. The molecule has 4 aromatic rings. The molecule has 4 aromatic heterocycles. The summed E-state index contributed by atoms with van der Waals surface area (Å²) >= 11 is 0. The van der Waals surface area contributed by atoms with E-state index in [9.17, 15) is 0 Å². The third-order valence-electron chi connectivity index (χ3n) is 4.37. The molecule has 8 heteroatoms. The third kappa shape index (κ3) is 3.18. The second kappa shape index (κ2) is 7.12. The van der Waals surface area contributed by atoms with Crippen molar-refractivity contribution in [1.82, 2.24) is 29.4 Å². The van der Waals surface area contributed by atoms with Crippen LogP contribution in [0.25, 0.3) is 28.2 Å². The summed E-state index contributed by atoms with van der Waals surface area (Å²) in [4.78, 5) is 9.02. The monoisotopic (exact) mass is 372 g/mol. The summed E-state index contributed by atoms with van der Waals surface area (Å²) in [6.45, 7) is 7.06.